The summed E-state index contributed by atoms with van der Waals surface area (Å²) in [5.74, 6) is -0.138. The molecule has 9 heteroatoms. The van der Waals surface area contributed by atoms with E-state index < -0.39 is 10.0 Å². The lowest BCUT2D eigenvalue weighted by Crippen LogP contribution is -2.30. The molecule has 0 atom stereocenters. The van der Waals surface area contributed by atoms with Gasteiger partial charge in [0.15, 0.2) is 0 Å². The minimum atomic E-state index is -3.68. The quantitative estimate of drug-likeness (QED) is 0.529. The van der Waals surface area contributed by atoms with Crippen molar-refractivity contribution in [1.29, 1.82) is 0 Å². The largest absolute Gasteiger partial charge is 0.330 e. The van der Waals surface area contributed by atoms with Crippen molar-refractivity contribution >= 4 is 45.6 Å². The molecule has 0 radical (unpaired) electrons. The van der Waals surface area contributed by atoms with Crippen molar-refractivity contribution in [2.24, 2.45) is 5.73 Å². The van der Waals surface area contributed by atoms with Gasteiger partial charge >= 0.3 is 0 Å². The normalized spacial score (nSPS) is 11.3. The number of carbonyl (C=O) groups excluding carboxylic acids is 1. The van der Waals surface area contributed by atoms with Crippen LogP contribution in [0.4, 0.5) is 5.69 Å². The molecule has 0 aromatic heterocycles. The Labute approximate surface area is 167 Å². The van der Waals surface area contributed by atoms with Crippen LogP contribution in [0.25, 0.3) is 0 Å². The number of hydrogen-bond acceptors (Lipinski definition) is 4. The summed E-state index contributed by atoms with van der Waals surface area (Å²) >= 11 is 6.08. The maximum absolute atomic E-state index is 12.6. The molecule has 3 N–H and O–H groups in total. The van der Waals surface area contributed by atoms with Gasteiger partial charge in [0.2, 0.25) is 15.9 Å². The number of benzene rings is 1. The molecule has 1 amide bonds. The zero-order chi connectivity index (χ0) is 18.9. The van der Waals surface area contributed by atoms with E-state index in [4.69, 9.17) is 17.3 Å². The lowest BCUT2D eigenvalue weighted by Gasteiger charge is -2.19. The average Bonchev–Trinajstić information content (AvgIpc) is 2.57. The van der Waals surface area contributed by atoms with Gasteiger partial charge in [-0.3, -0.25) is 4.79 Å². The number of nitrogens with one attached hydrogen (secondary N) is 1. The van der Waals surface area contributed by atoms with Crippen molar-refractivity contribution in [2.45, 2.75) is 50.8 Å². The molecule has 0 aliphatic carbocycles. The zero-order valence-electron chi connectivity index (χ0n) is 15.3. The van der Waals surface area contributed by atoms with Crippen molar-refractivity contribution in [3.63, 3.8) is 0 Å². The van der Waals surface area contributed by atoms with Crippen LogP contribution in [-0.4, -0.2) is 38.3 Å². The SMILES string of the molecule is CCN(CC)S(=O)(=O)c1cc(NC(=O)CCCCCCN)ccc1Cl.Cl. The Morgan fingerprint density at radius 3 is 2.35 bits per heavy atom. The van der Waals surface area contributed by atoms with Crippen LogP contribution in [0.15, 0.2) is 23.1 Å². The van der Waals surface area contributed by atoms with E-state index in [1.165, 1.54) is 16.4 Å². The second kappa shape index (κ2) is 12.5. The Kier molecular flexibility index (Phi) is 12.1. The van der Waals surface area contributed by atoms with Gasteiger partial charge in [-0.25, -0.2) is 8.42 Å². The first-order valence-electron chi connectivity index (χ1n) is 8.66. The topological polar surface area (TPSA) is 92.5 Å². The van der Waals surface area contributed by atoms with Crippen molar-refractivity contribution in [2.75, 3.05) is 25.0 Å². The van der Waals surface area contributed by atoms with Gasteiger partial charge < -0.3 is 11.1 Å². The molecule has 0 spiro atoms. The first kappa shape index (κ1) is 25.1. The molecule has 0 aliphatic heterocycles. The first-order valence-corrected chi connectivity index (χ1v) is 10.5. The van der Waals surface area contributed by atoms with Crippen molar-refractivity contribution in [3.8, 4) is 0 Å². The molecule has 1 rings (SSSR count). The zero-order valence-corrected chi connectivity index (χ0v) is 17.7. The van der Waals surface area contributed by atoms with Gasteiger partial charge in [-0.2, -0.15) is 4.31 Å². The summed E-state index contributed by atoms with van der Waals surface area (Å²) in [7, 11) is -3.68. The number of nitrogens with zero attached hydrogens (tertiary/aromatic N) is 1. The van der Waals surface area contributed by atoms with Gasteiger partial charge in [0.05, 0.1) is 5.02 Å². The van der Waals surface area contributed by atoms with Crippen LogP contribution >= 0.6 is 24.0 Å². The first-order chi connectivity index (χ1) is 11.9. The van der Waals surface area contributed by atoms with Crippen LogP contribution in [0, 0.1) is 0 Å². The molecule has 0 saturated carbocycles. The lowest BCUT2D eigenvalue weighted by molar-refractivity contribution is -0.116. The molecular weight excluding hydrogens is 397 g/mol. The molecule has 0 bridgehead atoms. The number of unbranched alkanes of at least 4 members (excludes halogenated alkanes) is 3. The Bertz CT molecular complexity index is 665. The van der Waals surface area contributed by atoms with Crippen LogP contribution < -0.4 is 11.1 Å². The molecule has 0 fully saturated rings. The third-order valence-corrected chi connectivity index (χ3v) is 6.43. The molecule has 150 valence electrons. The second-order valence-corrected chi connectivity index (χ2v) is 8.05. The molecule has 26 heavy (non-hydrogen) atoms. The average molecular weight is 426 g/mol. The minimum Gasteiger partial charge on any atom is -0.330 e. The fourth-order valence-corrected chi connectivity index (χ4v) is 4.45. The highest BCUT2D eigenvalue weighted by Gasteiger charge is 2.24. The summed E-state index contributed by atoms with van der Waals surface area (Å²) < 4.78 is 26.6. The van der Waals surface area contributed by atoms with Gasteiger partial charge in [-0.15, -0.1) is 12.4 Å². The van der Waals surface area contributed by atoms with Crippen LogP contribution in [-0.2, 0) is 14.8 Å². The van der Waals surface area contributed by atoms with Crippen molar-refractivity contribution in [3.05, 3.63) is 23.2 Å². The maximum Gasteiger partial charge on any atom is 0.244 e. The van der Waals surface area contributed by atoms with Crippen LogP contribution in [0.2, 0.25) is 5.02 Å². The Balaban J connectivity index is 0.00000625. The van der Waals surface area contributed by atoms with E-state index in [1.54, 1.807) is 19.9 Å². The number of nitrogens with two attached hydrogens (primary N) is 1. The molecular formula is C17H29Cl2N3O3S. The van der Waals surface area contributed by atoms with Gasteiger partial charge in [0, 0.05) is 25.2 Å². The third-order valence-electron chi connectivity index (χ3n) is 3.90. The standard InChI is InChI=1S/C17H28ClN3O3S.ClH/c1-3-21(4-2)25(23,24)16-13-14(10-11-15(16)18)20-17(22)9-7-5-6-8-12-19;/h10-11,13H,3-9,12,19H2,1-2H3,(H,20,22);1H. The lowest BCUT2D eigenvalue weighted by atomic mass is 10.1. The predicted octanol–water partition coefficient (Wildman–Crippen LogP) is 3.64. The molecule has 0 heterocycles. The number of carbonyl (C=O) groups is 1. The molecule has 6 nitrogen and oxygen atoms in total. The van der Waals surface area contributed by atoms with E-state index in [0.29, 0.717) is 31.7 Å². The van der Waals surface area contributed by atoms with Crippen LogP contribution in [0.3, 0.4) is 0 Å². The van der Waals surface area contributed by atoms with Crippen molar-refractivity contribution in [1.82, 2.24) is 4.31 Å². The van der Waals surface area contributed by atoms with Gasteiger partial charge in [-0.1, -0.05) is 38.3 Å². The van der Waals surface area contributed by atoms with E-state index in [2.05, 4.69) is 5.32 Å². The highest BCUT2D eigenvalue weighted by Crippen LogP contribution is 2.27. The summed E-state index contributed by atoms with van der Waals surface area (Å²) in [6.45, 7) is 4.92. The molecule has 1 aromatic carbocycles. The van der Waals surface area contributed by atoms with E-state index in [-0.39, 0.29) is 28.2 Å². The van der Waals surface area contributed by atoms with Crippen LogP contribution in [0.1, 0.15) is 46.0 Å². The fourth-order valence-electron chi connectivity index (χ4n) is 2.49. The fraction of sp³-hybridized carbons (Fsp3) is 0.588. The Morgan fingerprint density at radius 2 is 1.77 bits per heavy atom. The number of anilines is 1. The Morgan fingerprint density at radius 1 is 1.15 bits per heavy atom. The molecule has 1 aromatic rings. The summed E-state index contributed by atoms with van der Waals surface area (Å²) in [6.07, 6.45) is 4.10. The highest BCUT2D eigenvalue weighted by molar-refractivity contribution is 7.89. The van der Waals surface area contributed by atoms with Crippen molar-refractivity contribution < 1.29 is 13.2 Å². The number of sulfonamides is 1. The minimum absolute atomic E-state index is 0. The number of rotatable bonds is 11. The third kappa shape index (κ3) is 7.40. The highest BCUT2D eigenvalue weighted by atomic mass is 35.5. The van der Waals surface area contributed by atoms with E-state index in [1.807, 2.05) is 0 Å². The second-order valence-electron chi connectivity index (χ2n) is 5.74. The Hall–Kier alpha value is -0.860. The van der Waals surface area contributed by atoms with E-state index in [0.717, 1.165) is 25.7 Å². The number of hydrogen-bond donors (Lipinski definition) is 2. The monoisotopic (exact) mass is 425 g/mol. The predicted molar refractivity (Wildman–Crippen MR) is 110 cm³/mol. The summed E-state index contributed by atoms with van der Waals surface area (Å²) in [6, 6.07) is 4.52. The van der Waals surface area contributed by atoms with Gasteiger partial charge in [0.25, 0.3) is 0 Å². The smallest absolute Gasteiger partial charge is 0.244 e. The van der Waals surface area contributed by atoms with Gasteiger partial charge in [0.1, 0.15) is 4.90 Å². The van der Waals surface area contributed by atoms with Gasteiger partial charge in [-0.05, 0) is 37.6 Å². The molecule has 0 unspecified atom stereocenters. The van der Waals surface area contributed by atoms with Crippen LogP contribution in [0.5, 0.6) is 0 Å². The van der Waals surface area contributed by atoms with E-state index in [9.17, 15) is 13.2 Å². The summed E-state index contributed by atoms with van der Waals surface area (Å²) in [5, 5.41) is 2.89. The molecule has 0 saturated heterocycles. The number of halogens is 2. The summed E-state index contributed by atoms with van der Waals surface area (Å²) in [4.78, 5) is 12.0. The molecule has 0 aliphatic rings. The van der Waals surface area contributed by atoms with E-state index >= 15 is 0 Å². The maximum atomic E-state index is 12.6. The summed E-state index contributed by atoms with van der Waals surface area (Å²) in [5.41, 5.74) is 5.87. The number of amides is 1.